The van der Waals surface area contributed by atoms with Crippen LogP contribution in [0.3, 0.4) is 0 Å². The Balaban J connectivity index is 1.54. The van der Waals surface area contributed by atoms with Crippen LogP contribution >= 0.6 is 0 Å². The molecular formula is C23H30N6O2. The number of aromatic nitrogens is 3. The zero-order chi connectivity index (χ0) is 21.8. The first-order valence-electron chi connectivity index (χ1n) is 11.0. The Labute approximate surface area is 182 Å². The number of H-pyrrole nitrogens is 1. The summed E-state index contributed by atoms with van der Waals surface area (Å²) in [6, 6.07) is 4.04. The van der Waals surface area contributed by atoms with E-state index in [0.717, 1.165) is 29.9 Å². The second-order valence-electron chi connectivity index (χ2n) is 8.30. The van der Waals surface area contributed by atoms with Crippen molar-refractivity contribution >= 4 is 11.6 Å². The fourth-order valence-electron chi connectivity index (χ4n) is 3.82. The highest BCUT2D eigenvalue weighted by molar-refractivity contribution is 5.88. The lowest BCUT2D eigenvalue weighted by Crippen LogP contribution is -2.62. The van der Waals surface area contributed by atoms with E-state index in [4.69, 9.17) is 0 Å². The molecule has 2 N–H and O–H groups in total. The van der Waals surface area contributed by atoms with Crippen molar-refractivity contribution in [3.63, 3.8) is 0 Å². The van der Waals surface area contributed by atoms with Crippen LogP contribution in [-0.2, 0) is 11.2 Å². The summed E-state index contributed by atoms with van der Waals surface area (Å²) in [5.74, 6) is 0.641. The van der Waals surface area contributed by atoms with Gasteiger partial charge in [-0.05, 0) is 44.4 Å². The molecule has 1 amide bonds. The molecule has 2 aromatic heterocycles. The SMILES string of the molecule is CCc1cc(-c2c[nH]c(=O)c(N(CC3CC3)C3CN(C(=O)/C=C/CNC)C3)c2)ncn1. The number of carbonyl (C=O) groups excluding carboxylic acids is 1. The number of nitrogens with zero attached hydrogens (tertiary/aromatic N) is 4. The van der Waals surface area contributed by atoms with Crippen LogP contribution in [0, 0.1) is 5.92 Å². The number of nitrogens with one attached hydrogen (secondary N) is 2. The third-order valence-electron chi connectivity index (χ3n) is 5.92. The molecule has 1 saturated heterocycles. The molecule has 0 unspecified atom stereocenters. The zero-order valence-corrected chi connectivity index (χ0v) is 18.2. The van der Waals surface area contributed by atoms with Gasteiger partial charge in [0.1, 0.15) is 12.0 Å². The van der Waals surface area contributed by atoms with Crippen LogP contribution in [0.2, 0.25) is 0 Å². The minimum absolute atomic E-state index is 0.0219. The molecule has 0 atom stereocenters. The van der Waals surface area contributed by atoms with E-state index in [1.54, 1.807) is 18.6 Å². The maximum absolute atomic E-state index is 12.8. The van der Waals surface area contributed by atoms with Crippen LogP contribution in [-0.4, -0.2) is 65.0 Å². The van der Waals surface area contributed by atoms with Gasteiger partial charge < -0.3 is 20.1 Å². The first-order chi connectivity index (χ1) is 15.1. The molecule has 4 rings (SSSR count). The Morgan fingerprint density at radius 1 is 1.32 bits per heavy atom. The minimum Gasteiger partial charge on any atom is -0.360 e. The molecule has 1 saturated carbocycles. The van der Waals surface area contributed by atoms with Gasteiger partial charge in [-0.3, -0.25) is 9.59 Å². The Morgan fingerprint density at radius 2 is 2.13 bits per heavy atom. The molecule has 0 radical (unpaired) electrons. The molecule has 2 aliphatic rings. The van der Waals surface area contributed by atoms with Crippen LogP contribution in [0.1, 0.15) is 25.5 Å². The maximum atomic E-state index is 12.8. The van der Waals surface area contributed by atoms with Gasteiger partial charge in [-0.2, -0.15) is 0 Å². The maximum Gasteiger partial charge on any atom is 0.271 e. The van der Waals surface area contributed by atoms with E-state index >= 15 is 0 Å². The number of anilines is 1. The molecule has 31 heavy (non-hydrogen) atoms. The normalized spacial score (nSPS) is 16.5. The number of carbonyl (C=O) groups is 1. The lowest BCUT2D eigenvalue weighted by molar-refractivity contribution is -0.130. The van der Waals surface area contributed by atoms with Crippen LogP contribution < -0.4 is 15.8 Å². The molecule has 8 heteroatoms. The van der Waals surface area contributed by atoms with Gasteiger partial charge in [0, 0.05) is 49.7 Å². The second kappa shape index (κ2) is 9.43. The molecule has 2 fully saturated rings. The Morgan fingerprint density at radius 3 is 2.84 bits per heavy atom. The number of aryl methyl sites for hydroxylation is 1. The molecule has 0 aromatic carbocycles. The summed E-state index contributed by atoms with van der Waals surface area (Å²) in [4.78, 5) is 40.7. The zero-order valence-electron chi connectivity index (χ0n) is 18.2. The monoisotopic (exact) mass is 422 g/mol. The summed E-state index contributed by atoms with van der Waals surface area (Å²) >= 11 is 0. The predicted molar refractivity (Wildman–Crippen MR) is 121 cm³/mol. The molecule has 164 valence electrons. The smallest absolute Gasteiger partial charge is 0.271 e. The van der Waals surface area contributed by atoms with E-state index in [0.29, 0.717) is 31.2 Å². The number of amides is 1. The van der Waals surface area contributed by atoms with Crippen molar-refractivity contribution in [2.75, 3.05) is 38.1 Å². The molecule has 3 heterocycles. The highest BCUT2D eigenvalue weighted by Crippen LogP contribution is 2.33. The van der Waals surface area contributed by atoms with E-state index in [2.05, 4.69) is 32.1 Å². The van der Waals surface area contributed by atoms with Gasteiger partial charge in [0.05, 0.1) is 11.7 Å². The number of pyridine rings is 1. The van der Waals surface area contributed by atoms with Crippen molar-refractivity contribution in [3.8, 4) is 11.3 Å². The van der Waals surface area contributed by atoms with E-state index in [9.17, 15) is 9.59 Å². The standard InChI is InChI=1S/C23H30N6O2/c1-3-18-10-20(27-15-26-18)17-9-21(23(31)25-11-17)29(12-16-6-7-16)19-13-28(14-19)22(30)5-4-8-24-2/h4-5,9-11,15-16,19,24H,3,6-8,12-14H2,1-2H3,(H,25,31)/b5-4+. The number of likely N-dealkylation sites (tertiary alicyclic amines) is 1. The summed E-state index contributed by atoms with van der Waals surface area (Å²) in [6.07, 6.45) is 9.95. The van der Waals surface area contributed by atoms with Gasteiger partial charge in [0.15, 0.2) is 0 Å². The minimum atomic E-state index is -0.104. The van der Waals surface area contributed by atoms with Crippen molar-refractivity contribution in [2.24, 2.45) is 5.92 Å². The van der Waals surface area contributed by atoms with Crippen molar-refractivity contribution in [1.82, 2.24) is 25.2 Å². The average Bonchev–Trinajstić information content (AvgIpc) is 3.57. The lowest BCUT2D eigenvalue weighted by Gasteiger charge is -2.46. The average molecular weight is 423 g/mol. The second-order valence-corrected chi connectivity index (χ2v) is 8.30. The third kappa shape index (κ3) is 5.02. The van der Waals surface area contributed by atoms with Crippen molar-refractivity contribution in [1.29, 1.82) is 0 Å². The van der Waals surface area contributed by atoms with E-state index in [1.807, 2.05) is 30.2 Å². The first-order valence-corrected chi connectivity index (χ1v) is 11.0. The topological polar surface area (TPSA) is 94.2 Å². The lowest BCUT2D eigenvalue weighted by atomic mass is 10.0. The van der Waals surface area contributed by atoms with Crippen molar-refractivity contribution in [2.45, 2.75) is 32.2 Å². The summed E-state index contributed by atoms with van der Waals surface area (Å²) in [5, 5.41) is 2.99. The summed E-state index contributed by atoms with van der Waals surface area (Å²) in [7, 11) is 1.85. The van der Waals surface area contributed by atoms with Crippen LogP contribution in [0.5, 0.6) is 0 Å². The van der Waals surface area contributed by atoms with Crippen LogP contribution in [0.4, 0.5) is 5.69 Å². The van der Waals surface area contributed by atoms with Gasteiger partial charge >= 0.3 is 0 Å². The number of hydrogen-bond donors (Lipinski definition) is 2. The third-order valence-corrected chi connectivity index (χ3v) is 5.92. The Hall–Kier alpha value is -3.00. The summed E-state index contributed by atoms with van der Waals surface area (Å²) in [5.41, 5.74) is 3.19. The highest BCUT2D eigenvalue weighted by atomic mass is 16.2. The van der Waals surface area contributed by atoms with Crippen LogP contribution in [0.15, 0.2) is 41.6 Å². The van der Waals surface area contributed by atoms with E-state index < -0.39 is 0 Å². The van der Waals surface area contributed by atoms with E-state index in [1.165, 1.54) is 12.8 Å². The molecule has 8 nitrogen and oxygen atoms in total. The summed E-state index contributed by atoms with van der Waals surface area (Å²) < 4.78 is 0. The predicted octanol–water partition coefficient (Wildman–Crippen LogP) is 1.60. The molecule has 2 aromatic rings. The number of rotatable bonds is 9. The highest BCUT2D eigenvalue weighted by Gasteiger charge is 2.37. The van der Waals surface area contributed by atoms with Crippen molar-refractivity contribution in [3.05, 3.63) is 52.9 Å². The van der Waals surface area contributed by atoms with Gasteiger partial charge in [0.25, 0.3) is 5.56 Å². The first kappa shape index (κ1) is 21.2. The molecule has 0 bridgehead atoms. The van der Waals surface area contributed by atoms with Crippen molar-refractivity contribution < 1.29 is 4.79 Å². The van der Waals surface area contributed by atoms with Crippen LogP contribution in [0.25, 0.3) is 11.3 Å². The Kier molecular flexibility index (Phi) is 6.46. The van der Waals surface area contributed by atoms with E-state index in [-0.39, 0.29) is 17.5 Å². The largest absolute Gasteiger partial charge is 0.360 e. The van der Waals surface area contributed by atoms with Gasteiger partial charge in [-0.25, -0.2) is 9.97 Å². The molecule has 1 aliphatic carbocycles. The van der Waals surface area contributed by atoms with Gasteiger partial charge in [-0.15, -0.1) is 0 Å². The molecular weight excluding hydrogens is 392 g/mol. The fraction of sp³-hybridized carbons (Fsp3) is 0.478. The fourth-order valence-corrected chi connectivity index (χ4v) is 3.82. The number of aromatic amines is 1. The summed E-state index contributed by atoms with van der Waals surface area (Å²) in [6.45, 7) is 4.83. The van der Waals surface area contributed by atoms with Gasteiger partial charge in [-0.1, -0.05) is 13.0 Å². The van der Waals surface area contributed by atoms with Gasteiger partial charge in [0.2, 0.25) is 5.91 Å². The molecule has 1 aliphatic heterocycles. The number of hydrogen-bond acceptors (Lipinski definition) is 6. The Bertz CT molecular complexity index is 1010. The number of likely N-dealkylation sites (N-methyl/N-ethyl adjacent to an activating group) is 1. The molecule has 0 spiro atoms. The quantitative estimate of drug-likeness (QED) is 0.596.